The Morgan fingerprint density at radius 3 is 2.76 bits per heavy atom. The van der Waals surface area contributed by atoms with E-state index in [0.717, 1.165) is 19.3 Å². The first kappa shape index (κ1) is 13.2. The van der Waals surface area contributed by atoms with Crippen molar-refractivity contribution in [3.63, 3.8) is 0 Å². The van der Waals surface area contributed by atoms with Gasteiger partial charge in [-0.15, -0.1) is 0 Å². The molecule has 0 aliphatic carbocycles. The first-order chi connectivity index (χ1) is 8.15. The maximum absolute atomic E-state index is 10.5. The van der Waals surface area contributed by atoms with Crippen molar-refractivity contribution in [2.24, 2.45) is 0 Å². The van der Waals surface area contributed by atoms with Gasteiger partial charge in [0.15, 0.2) is 0 Å². The fourth-order valence-corrected chi connectivity index (χ4v) is 1.35. The van der Waals surface area contributed by atoms with Gasteiger partial charge in [-0.2, -0.15) is 0 Å². The highest BCUT2D eigenvalue weighted by molar-refractivity contribution is 5.57. The third-order valence-corrected chi connectivity index (χ3v) is 2.24. The molecule has 1 aromatic heterocycles. The van der Waals surface area contributed by atoms with Crippen LogP contribution in [0.2, 0.25) is 0 Å². The van der Waals surface area contributed by atoms with E-state index in [4.69, 9.17) is 10.8 Å². The van der Waals surface area contributed by atoms with E-state index in [1.54, 1.807) is 0 Å². The number of nitro groups is 1. The Bertz CT molecular complexity index is 384. The molecule has 0 unspecified atom stereocenters. The van der Waals surface area contributed by atoms with Crippen LogP contribution in [-0.2, 0) is 0 Å². The summed E-state index contributed by atoms with van der Waals surface area (Å²) in [5.41, 5.74) is 5.26. The number of hydrogen-bond acceptors (Lipinski definition) is 6. The van der Waals surface area contributed by atoms with E-state index >= 15 is 0 Å². The minimum atomic E-state index is -0.562. The molecule has 0 aliphatic rings. The number of nitrogens with one attached hydrogen (secondary N) is 1. The van der Waals surface area contributed by atoms with Gasteiger partial charge in [-0.05, 0) is 25.3 Å². The third-order valence-electron chi connectivity index (χ3n) is 2.24. The number of nitrogens with two attached hydrogens (primary N) is 1. The fourth-order valence-electron chi connectivity index (χ4n) is 1.35. The highest BCUT2D eigenvalue weighted by Gasteiger charge is 2.12. The molecule has 94 valence electrons. The summed E-state index contributed by atoms with van der Waals surface area (Å²) in [5, 5.41) is 22.1. The van der Waals surface area contributed by atoms with Crippen LogP contribution in [0.5, 0.6) is 0 Å². The monoisotopic (exact) mass is 240 g/mol. The van der Waals surface area contributed by atoms with Crippen LogP contribution in [0, 0.1) is 10.1 Å². The summed E-state index contributed by atoms with van der Waals surface area (Å²) >= 11 is 0. The molecule has 0 radical (unpaired) electrons. The summed E-state index contributed by atoms with van der Waals surface area (Å²) < 4.78 is 0. The van der Waals surface area contributed by atoms with Gasteiger partial charge in [-0.3, -0.25) is 10.1 Å². The first-order valence-electron chi connectivity index (χ1n) is 5.41. The number of pyridine rings is 1. The summed E-state index contributed by atoms with van der Waals surface area (Å²) in [7, 11) is 0. The van der Waals surface area contributed by atoms with Crippen LogP contribution >= 0.6 is 0 Å². The Morgan fingerprint density at radius 2 is 2.18 bits per heavy atom. The summed E-state index contributed by atoms with van der Waals surface area (Å²) in [6.45, 7) is 0.896. The average Bonchev–Trinajstić information content (AvgIpc) is 2.28. The molecule has 0 atom stereocenters. The number of hydrogen-bond donors (Lipinski definition) is 3. The van der Waals surface area contributed by atoms with Crippen LogP contribution in [-0.4, -0.2) is 28.2 Å². The molecule has 0 saturated heterocycles. The molecule has 0 aromatic carbocycles. The zero-order valence-electron chi connectivity index (χ0n) is 9.43. The predicted molar refractivity (Wildman–Crippen MR) is 64.7 cm³/mol. The van der Waals surface area contributed by atoms with Gasteiger partial charge in [0.05, 0.1) is 4.92 Å². The Hall–Kier alpha value is -1.89. The van der Waals surface area contributed by atoms with Crippen molar-refractivity contribution in [3.05, 3.63) is 22.2 Å². The van der Waals surface area contributed by atoms with Crippen molar-refractivity contribution in [2.75, 3.05) is 24.2 Å². The third kappa shape index (κ3) is 4.23. The van der Waals surface area contributed by atoms with Crippen molar-refractivity contribution in [1.29, 1.82) is 0 Å². The normalized spacial score (nSPS) is 10.2. The summed E-state index contributed by atoms with van der Waals surface area (Å²) in [4.78, 5) is 13.8. The second-order valence-corrected chi connectivity index (χ2v) is 3.57. The van der Waals surface area contributed by atoms with Gasteiger partial charge in [0.1, 0.15) is 5.82 Å². The molecule has 1 aromatic rings. The Kier molecular flexibility index (Phi) is 5.15. The zero-order valence-corrected chi connectivity index (χ0v) is 9.43. The maximum atomic E-state index is 10.5. The molecular weight excluding hydrogens is 224 g/mol. The Balaban J connectivity index is 2.45. The van der Waals surface area contributed by atoms with E-state index in [9.17, 15) is 10.1 Å². The molecule has 17 heavy (non-hydrogen) atoms. The van der Waals surface area contributed by atoms with Gasteiger partial charge >= 0.3 is 5.69 Å². The van der Waals surface area contributed by atoms with Crippen LogP contribution in [0.3, 0.4) is 0 Å². The van der Waals surface area contributed by atoms with E-state index in [1.165, 1.54) is 12.1 Å². The number of aromatic nitrogens is 1. The van der Waals surface area contributed by atoms with Crippen LogP contribution in [0.4, 0.5) is 17.3 Å². The molecule has 1 heterocycles. The molecular formula is C10H16N4O3. The molecule has 0 fully saturated rings. The number of unbranched alkanes of at least 4 members (excludes halogenated alkanes) is 2. The van der Waals surface area contributed by atoms with Gasteiger partial charge < -0.3 is 16.2 Å². The quantitative estimate of drug-likeness (QED) is 0.374. The van der Waals surface area contributed by atoms with E-state index in [2.05, 4.69) is 10.3 Å². The van der Waals surface area contributed by atoms with E-state index in [0.29, 0.717) is 12.4 Å². The summed E-state index contributed by atoms with van der Waals surface area (Å²) in [6.07, 6.45) is 2.60. The first-order valence-corrected chi connectivity index (χ1v) is 5.41. The van der Waals surface area contributed by atoms with Gasteiger partial charge in [0.2, 0.25) is 5.82 Å². The second-order valence-electron chi connectivity index (χ2n) is 3.57. The maximum Gasteiger partial charge on any atom is 0.311 e. The summed E-state index contributed by atoms with van der Waals surface area (Å²) in [6, 6.07) is 2.86. The molecule has 0 saturated carbocycles. The van der Waals surface area contributed by atoms with E-state index < -0.39 is 4.92 Å². The average molecular weight is 240 g/mol. The van der Waals surface area contributed by atoms with Gasteiger partial charge in [-0.1, -0.05) is 0 Å². The molecule has 0 spiro atoms. The fraction of sp³-hybridized carbons (Fsp3) is 0.500. The van der Waals surface area contributed by atoms with Crippen molar-refractivity contribution in [3.8, 4) is 0 Å². The molecule has 0 amide bonds. The minimum absolute atomic E-state index is 0.0876. The van der Waals surface area contributed by atoms with Gasteiger partial charge in [0.25, 0.3) is 0 Å². The van der Waals surface area contributed by atoms with Crippen molar-refractivity contribution < 1.29 is 10.0 Å². The van der Waals surface area contributed by atoms with E-state index in [1.807, 2.05) is 0 Å². The molecule has 4 N–H and O–H groups in total. The van der Waals surface area contributed by atoms with Gasteiger partial charge in [0, 0.05) is 19.2 Å². The lowest BCUT2D eigenvalue weighted by Gasteiger charge is -2.05. The smallest absolute Gasteiger partial charge is 0.311 e. The van der Waals surface area contributed by atoms with Crippen LogP contribution in [0.15, 0.2) is 12.1 Å². The Morgan fingerprint density at radius 1 is 1.41 bits per heavy atom. The zero-order chi connectivity index (χ0) is 12.7. The highest BCUT2D eigenvalue weighted by Crippen LogP contribution is 2.20. The van der Waals surface area contributed by atoms with Crippen LogP contribution in [0.25, 0.3) is 0 Å². The number of rotatable bonds is 7. The van der Waals surface area contributed by atoms with Gasteiger partial charge in [-0.25, -0.2) is 4.98 Å². The standard InChI is InChI=1S/C10H16N4O3/c11-10-8(14(16)17)4-5-9(13-10)12-6-2-1-3-7-15/h4-5,15H,1-3,6-7H2,(H3,11,12,13). The Labute approximate surface area is 98.8 Å². The number of nitrogens with zero attached hydrogens (tertiary/aromatic N) is 2. The number of aliphatic hydroxyl groups excluding tert-OH is 1. The second kappa shape index (κ2) is 6.64. The lowest BCUT2D eigenvalue weighted by atomic mass is 10.2. The number of anilines is 2. The molecule has 7 heteroatoms. The highest BCUT2D eigenvalue weighted by atomic mass is 16.6. The minimum Gasteiger partial charge on any atom is -0.396 e. The predicted octanol–water partition coefficient (Wildman–Crippen LogP) is 1.15. The summed E-state index contributed by atoms with van der Waals surface area (Å²) in [5.74, 6) is 0.437. The lowest BCUT2D eigenvalue weighted by Crippen LogP contribution is -2.06. The molecule has 7 nitrogen and oxygen atoms in total. The molecule has 0 aliphatic heterocycles. The molecule has 0 bridgehead atoms. The largest absolute Gasteiger partial charge is 0.396 e. The molecule has 1 rings (SSSR count). The van der Waals surface area contributed by atoms with Crippen LogP contribution < -0.4 is 11.1 Å². The van der Waals surface area contributed by atoms with Crippen molar-refractivity contribution >= 4 is 17.3 Å². The van der Waals surface area contributed by atoms with Crippen molar-refractivity contribution in [2.45, 2.75) is 19.3 Å². The number of aliphatic hydroxyl groups is 1. The SMILES string of the molecule is Nc1nc(NCCCCCO)ccc1[N+](=O)[O-]. The lowest BCUT2D eigenvalue weighted by molar-refractivity contribution is -0.384. The van der Waals surface area contributed by atoms with E-state index in [-0.39, 0.29) is 18.1 Å². The van der Waals surface area contributed by atoms with Crippen LogP contribution in [0.1, 0.15) is 19.3 Å². The topological polar surface area (TPSA) is 114 Å². The number of nitrogen functional groups attached to an aromatic ring is 1. The van der Waals surface area contributed by atoms with Crippen molar-refractivity contribution in [1.82, 2.24) is 4.98 Å².